The fourth-order valence-electron chi connectivity index (χ4n) is 4.38. The van der Waals surface area contributed by atoms with Gasteiger partial charge in [0.1, 0.15) is 11.9 Å². The number of carbonyl (C=O) groups excluding carboxylic acids is 3. The van der Waals surface area contributed by atoms with Crippen LogP contribution in [0.5, 0.6) is 0 Å². The molecule has 9 nitrogen and oxygen atoms in total. The summed E-state index contributed by atoms with van der Waals surface area (Å²) >= 11 is 0. The Morgan fingerprint density at radius 2 is 1.77 bits per heavy atom. The Bertz CT molecular complexity index is 1090. The molecule has 1 atom stereocenters. The van der Waals surface area contributed by atoms with E-state index in [4.69, 9.17) is 10.5 Å². The average molecular weight is 484 g/mol. The third-order valence-electron chi connectivity index (χ3n) is 6.23. The van der Waals surface area contributed by atoms with E-state index in [9.17, 15) is 18.8 Å². The highest BCUT2D eigenvalue weighted by molar-refractivity contribution is 5.90. The van der Waals surface area contributed by atoms with Gasteiger partial charge in [-0.2, -0.15) is 0 Å². The maximum Gasteiger partial charge on any atom is 0.414 e. The Kier molecular flexibility index (Phi) is 7.62. The van der Waals surface area contributed by atoms with Crippen LogP contribution in [0, 0.1) is 5.82 Å². The molecule has 2 fully saturated rings. The van der Waals surface area contributed by atoms with Crippen LogP contribution in [-0.4, -0.2) is 79.6 Å². The third kappa shape index (κ3) is 6.34. The van der Waals surface area contributed by atoms with E-state index in [1.807, 2.05) is 24.3 Å². The number of cyclic esters (lactones) is 1. The van der Waals surface area contributed by atoms with E-state index >= 15 is 0 Å². The van der Waals surface area contributed by atoms with Gasteiger partial charge in [0, 0.05) is 45.2 Å². The van der Waals surface area contributed by atoms with Crippen molar-refractivity contribution >= 4 is 23.6 Å². The van der Waals surface area contributed by atoms with Crippen molar-refractivity contribution < 1.29 is 23.5 Å². The Balaban J connectivity index is 1.35. The van der Waals surface area contributed by atoms with Crippen LogP contribution in [0.1, 0.15) is 12.5 Å². The minimum absolute atomic E-state index is 0.205. The van der Waals surface area contributed by atoms with Gasteiger partial charge in [0.2, 0.25) is 11.8 Å². The number of nitrogens with two attached hydrogens (primary N) is 1. The van der Waals surface area contributed by atoms with Crippen molar-refractivity contribution in [2.75, 3.05) is 50.7 Å². The molecule has 4 rings (SSSR count). The molecule has 2 saturated heterocycles. The molecular formula is C25H30FN5O4. The summed E-state index contributed by atoms with van der Waals surface area (Å²) in [4.78, 5) is 40.1. The number of anilines is 1. The quantitative estimate of drug-likeness (QED) is 0.590. The van der Waals surface area contributed by atoms with E-state index in [1.165, 1.54) is 17.9 Å². The van der Waals surface area contributed by atoms with Gasteiger partial charge >= 0.3 is 6.09 Å². The van der Waals surface area contributed by atoms with Crippen molar-refractivity contribution in [3.05, 3.63) is 53.8 Å². The first-order chi connectivity index (χ1) is 16.8. The Morgan fingerprint density at radius 3 is 2.40 bits per heavy atom. The Hall–Kier alpha value is -3.50. The molecule has 0 bridgehead atoms. The lowest BCUT2D eigenvalue weighted by molar-refractivity contribution is -0.120. The van der Waals surface area contributed by atoms with Crippen molar-refractivity contribution in [1.29, 1.82) is 0 Å². The minimum atomic E-state index is -0.563. The number of halogens is 1. The maximum atomic E-state index is 15.0. The first-order valence-electron chi connectivity index (χ1n) is 11.6. The van der Waals surface area contributed by atoms with Crippen molar-refractivity contribution in [3.8, 4) is 11.1 Å². The number of piperazine rings is 1. The van der Waals surface area contributed by atoms with E-state index < -0.39 is 18.0 Å². The van der Waals surface area contributed by atoms with Crippen LogP contribution in [0.2, 0.25) is 0 Å². The minimum Gasteiger partial charge on any atom is -0.442 e. The predicted molar refractivity (Wildman–Crippen MR) is 129 cm³/mol. The number of hydrogen-bond acceptors (Lipinski definition) is 6. The summed E-state index contributed by atoms with van der Waals surface area (Å²) in [7, 11) is 0. The van der Waals surface area contributed by atoms with E-state index in [2.05, 4.69) is 15.1 Å². The smallest absolute Gasteiger partial charge is 0.414 e. The third-order valence-corrected chi connectivity index (χ3v) is 6.23. The highest BCUT2D eigenvalue weighted by Crippen LogP contribution is 2.29. The molecule has 3 amide bonds. The van der Waals surface area contributed by atoms with Crippen LogP contribution >= 0.6 is 0 Å². The van der Waals surface area contributed by atoms with Gasteiger partial charge in [0.15, 0.2) is 0 Å². The number of hydrogen-bond donors (Lipinski definition) is 2. The van der Waals surface area contributed by atoms with Gasteiger partial charge < -0.3 is 15.8 Å². The Morgan fingerprint density at radius 1 is 1.09 bits per heavy atom. The van der Waals surface area contributed by atoms with E-state index in [0.717, 1.165) is 43.9 Å². The molecule has 0 aliphatic carbocycles. The first kappa shape index (κ1) is 24.6. The van der Waals surface area contributed by atoms with Crippen molar-refractivity contribution in [1.82, 2.24) is 15.1 Å². The molecule has 10 heteroatoms. The normalized spacial score (nSPS) is 19.0. The van der Waals surface area contributed by atoms with E-state index in [-0.39, 0.29) is 24.9 Å². The SMILES string of the molecule is CC(=O)NC[C@H]1CN(c2ccc(-c3ccc(CN4CCN(CC(N)=O)CC4)cc3)c(F)c2)C(=O)O1. The lowest BCUT2D eigenvalue weighted by Gasteiger charge is -2.34. The fourth-order valence-corrected chi connectivity index (χ4v) is 4.38. The number of ether oxygens (including phenoxy) is 1. The lowest BCUT2D eigenvalue weighted by atomic mass is 10.0. The molecule has 35 heavy (non-hydrogen) atoms. The molecule has 2 aliphatic rings. The summed E-state index contributed by atoms with van der Waals surface area (Å²) in [5.41, 5.74) is 8.00. The number of nitrogens with one attached hydrogen (secondary N) is 1. The second kappa shape index (κ2) is 10.8. The average Bonchev–Trinajstić information content (AvgIpc) is 3.20. The Labute approximate surface area is 203 Å². The largest absolute Gasteiger partial charge is 0.442 e. The van der Waals surface area contributed by atoms with Crippen LogP contribution in [0.15, 0.2) is 42.5 Å². The van der Waals surface area contributed by atoms with Crippen LogP contribution in [0.3, 0.4) is 0 Å². The topological polar surface area (TPSA) is 108 Å². The molecule has 2 aliphatic heterocycles. The van der Waals surface area contributed by atoms with Gasteiger partial charge in [-0.05, 0) is 29.3 Å². The zero-order valence-corrected chi connectivity index (χ0v) is 19.7. The standard InChI is InChI=1S/C25H30FN5O4/c1-17(32)28-13-21-15-31(25(34)35-21)20-6-7-22(23(26)12-20)19-4-2-18(3-5-19)14-29-8-10-30(11-9-29)16-24(27)33/h2-7,12,21H,8-11,13-16H2,1H3,(H2,27,33)(H,28,32)/t21-/m0/s1. The highest BCUT2D eigenvalue weighted by Gasteiger charge is 2.32. The molecule has 2 aromatic rings. The summed E-state index contributed by atoms with van der Waals surface area (Å²) in [5, 5.41) is 2.62. The molecule has 3 N–H and O–H groups in total. The van der Waals surface area contributed by atoms with Crippen molar-refractivity contribution in [2.45, 2.75) is 19.6 Å². The molecule has 0 unspecified atom stereocenters. The molecule has 0 radical (unpaired) electrons. The lowest BCUT2D eigenvalue weighted by Crippen LogP contribution is -2.48. The number of primary amides is 1. The molecule has 2 aromatic carbocycles. The van der Waals surface area contributed by atoms with Crippen LogP contribution in [0.4, 0.5) is 14.9 Å². The van der Waals surface area contributed by atoms with Crippen LogP contribution in [-0.2, 0) is 20.9 Å². The number of carbonyl (C=O) groups is 3. The van der Waals surface area contributed by atoms with Gasteiger partial charge in [-0.15, -0.1) is 0 Å². The van der Waals surface area contributed by atoms with Gasteiger partial charge in [0.05, 0.1) is 25.3 Å². The van der Waals surface area contributed by atoms with Gasteiger partial charge in [-0.25, -0.2) is 9.18 Å². The van der Waals surface area contributed by atoms with Crippen LogP contribution < -0.4 is 16.0 Å². The van der Waals surface area contributed by atoms with Crippen molar-refractivity contribution in [3.63, 3.8) is 0 Å². The number of rotatable bonds is 8. The van der Waals surface area contributed by atoms with Gasteiger partial charge in [0.25, 0.3) is 0 Å². The first-order valence-corrected chi connectivity index (χ1v) is 11.6. The number of amides is 3. The summed E-state index contributed by atoms with van der Waals surface area (Å²) in [6.45, 7) is 6.24. The number of nitrogens with zero attached hydrogens (tertiary/aromatic N) is 3. The molecule has 0 aromatic heterocycles. The second-order valence-corrected chi connectivity index (χ2v) is 8.93. The zero-order valence-electron chi connectivity index (χ0n) is 19.7. The van der Waals surface area contributed by atoms with E-state index in [1.54, 1.807) is 12.1 Å². The molecular weight excluding hydrogens is 453 g/mol. The van der Waals surface area contributed by atoms with Gasteiger partial charge in [-0.3, -0.25) is 24.3 Å². The van der Waals surface area contributed by atoms with E-state index in [0.29, 0.717) is 17.8 Å². The fraction of sp³-hybridized carbons (Fsp3) is 0.400. The molecule has 0 spiro atoms. The molecule has 0 saturated carbocycles. The molecule has 2 heterocycles. The number of benzene rings is 2. The van der Waals surface area contributed by atoms with Crippen LogP contribution in [0.25, 0.3) is 11.1 Å². The summed E-state index contributed by atoms with van der Waals surface area (Å²) in [6.07, 6.45) is -1.04. The van der Waals surface area contributed by atoms with Gasteiger partial charge in [-0.1, -0.05) is 24.3 Å². The summed E-state index contributed by atoms with van der Waals surface area (Å²) in [6, 6.07) is 12.4. The highest BCUT2D eigenvalue weighted by atomic mass is 19.1. The monoisotopic (exact) mass is 483 g/mol. The molecule has 186 valence electrons. The zero-order chi connectivity index (χ0) is 24.9. The maximum absolute atomic E-state index is 15.0. The summed E-state index contributed by atoms with van der Waals surface area (Å²) < 4.78 is 20.2. The summed E-state index contributed by atoms with van der Waals surface area (Å²) in [5.74, 6) is -0.941. The predicted octanol–water partition coefficient (Wildman–Crippen LogP) is 1.56. The second-order valence-electron chi connectivity index (χ2n) is 8.93. The van der Waals surface area contributed by atoms with Crippen molar-refractivity contribution in [2.24, 2.45) is 5.73 Å².